The number of rotatable bonds is 3. The minimum Gasteiger partial charge on any atom is -0.480 e. The van der Waals surface area contributed by atoms with Gasteiger partial charge in [-0.3, -0.25) is 4.79 Å². The van der Waals surface area contributed by atoms with E-state index in [9.17, 15) is 14.7 Å². The van der Waals surface area contributed by atoms with Gasteiger partial charge in [-0.05, 0) is 42.0 Å². The number of aliphatic carboxylic acids is 1. The van der Waals surface area contributed by atoms with Crippen LogP contribution in [-0.2, 0) is 15.0 Å². The van der Waals surface area contributed by atoms with Crippen LogP contribution in [0.15, 0.2) is 42.5 Å². The molecular formula is C23H24ClFN2O3. The molecule has 2 heterocycles. The highest BCUT2D eigenvalue weighted by atomic mass is 35.5. The Morgan fingerprint density at radius 2 is 1.97 bits per heavy atom. The SMILES string of the molecule is CC(C)(C)CC1N(c2cccc(Cl)c2F)C(C(=O)O)CC12C(=O)Nc1ccccc12. The zero-order valence-electron chi connectivity index (χ0n) is 17.1. The lowest BCUT2D eigenvalue weighted by Gasteiger charge is -2.39. The second kappa shape index (κ2) is 6.98. The Bertz CT molecular complexity index is 1040. The largest absolute Gasteiger partial charge is 0.480 e. The first-order valence-electron chi connectivity index (χ1n) is 9.92. The standard InChI is InChI=1S/C23H24ClFN2O3/c1-22(2,3)12-18-23(13-7-4-5-9-15(13)26-21(23)30)11-17(20(28)29)27(18)16-10-6-8-14(24)19(16)25/h4-10,17-18H,11-12H2,1-3H3,(H,26,30)(H,28,29). The van der Waals surface area contributed by atoms with Crippen molar-refractivity contribution in [1.82, 2.24) is 0 Å². The second-order valence-corrected chi connectivity index (χ2v) is 9.70. The molecular weight excluding hydrogens is 407 g/mol. The minimum absolute atomic E-state index is 0.0535. The summed E-state index contributed by atoms with van der Waals surface area (Å²) in [7, 11) is 0. The summed E-state index contributed by atoms with van der Waals surface area (Å²) in [6, 6.07) is 10.3. The average Bonchev–Trinajstić information content (AvgIpc) is 3.13. The van der Waals surface area contributed by atoms with E-state index in [2.05, 4.69) is 5.32 Å². The summed E-state index contributed by atoms with van der Waals surface area (Å²) in [6.45, 7) is 6.08. The van der Waals surface area contributed by atoms with Crippen LogP contribution in [-0.4, -0.2) is 29.1 Å². The summed E-state index contributed by atoms with van der Waals surface area (Å²) in [4.78, 5) is 27.3. The Kier molecular flexibility index (Phi) is 4.81. The number of hydrogen-bond donors (Lipinski definition) is 2. The van der Waals surface area contributed by atoms with E-state index in [1.54, 1.807) is 11.0 Å². The van der Waals surface area contributed by atoms with Crippen LogP contribution in [0.3, 0.4) is 0 Å². The monoisotopic (exact) mass is 430 g/mol. The number of anilines is 2. The van der Waals surface area contributed by atoms with Crippen molar-refractivity contribution in [3.05, 3.63) is 58.9 Å². The number of amides is 1. The predicted octanol–water partition coefficient (Wildman–Crippen LogP) is 4.84. The fraction of sp³-hybridized carbons (Fsp3) is 0.391. The van der Waals surface area contributed by atoms with Gasteiger partial charge in [0.15, 0.2) is 5.82 Å². The molecule has 158 valence electrons. The molecule has 0 saturated carbocycles. The van der Waals surface area contributed by atoms with Crippen LogP contribution in [0, 0.1) is 11.2 Å². The first-order valence-corrected chi connectivity index (χ1v) is 10.3. The number of nitrogens with zero attached hydrogens (tertiary/aromatic N) is 1. The van der Waals surface area contributed by atoms with Crippen LogP contribution >= 0.6 is 11.6 Å². The van der Waals surface area contributed by atoms with Crippen LogP contribution in [0.1, 0.15) is 39.2 Å². The Hall–Kier alpha value is -2.60. The van der Waals surface area contributed by atoms with Crippen molar-refractivity contribution < 1.29 is 19.1 Å². The lowest BCUT2D eigenvalue weighted by Crippen LogP contribution is -2.50. The molecule has 5 nitrogen and oxygen atoms in total. The number of carbonyl (C=O) groups excluding carboxylic acids is 1. The Labute approximate surface area is 179 Å². The van der Waals surface area contributed by atoms with Gasteiger partial charge >= 0.3 is 5.97 Å². The molecule has 2 aliphatic rings. The fourth-order valence-electron chi connectivity index (χ4n) is 4.95. The third-order valence-corrected chi connectivity index (χ3v) is 6.41. The summed E-state index contributed by atoms with van der Waals surface area (Å²) in [5.74, 6) is -2.01. The number of benzene rings is 2. The molecule has 0 aromatic heterocycles. The topological polar surface area (TPSA) is 69.6 Å². The van der Waals surface area contributed by atoms with Gasteiger partial charge in [0.05, 0.1) is 16.1 Å². The van der Waals surface area contributed by atoms with Crippen molar-refractivity contribution in [2.45, 2.75) is 51.1 Å². The van der Waals surface area contributed by atoms with Crippen LogP contribution in [0.25, 0.3) is 0 Å². The number of carbonyl (C=O) groups is 2. The van der Waals surface area contributed by atoms with Gasteiger partial charge in [-0.15, -0.1) is 0 Å². The molecule has 0 bridgehead atoms. The maximum absolute atomic E-state index is 15.1. The summed E-state index contributed by atoms with van der Waals surface area (Å²) in [6.07, 6.45) is 0.544. The van der Waals surface area contributed by atoms with E-state index >= 15 is 4.39 Å². The van der Waals surface area contributed by atoms with Gasteiger partial charge in [0.2, 0.25) is 5.91 Å². The van der Waals surface area contributed by atoms with E-state index in [0.29, 0.717) is 12.1 Å². The van der Waals surface area contributed by atoms with Gasteiger partial charge in [0, 0.05) is 11.7 Å². The summed E-state index contributed by atoms with van der Waals surface area (Å²) in [5, 5.41) is 12.9. The van der Waals surface area contributed by atoms with Gasteiger partial charge in [0.25, 0.3) is 0 Å². The smallest absolute Gasteiger partial charge is 0.326 e. The molecule has 30 heavy (non-hydrogen) atoms. The number of hydrogen-bond acceptors (Lipinski definition) is 3. The van der Waals surface area contributed by atoms with E-state index in [1.165, 1.54) is 12.1 Å². The van der Waals surface area contributed by atoms with Crippen LogP contribution in [0.5, 0.6) is 0 Å². The van der Waals surface area contributed by atoms with Crippen molar-refractivity contribution in [1.29, 1.82) is 0 Å². The number of fused-ring (bicyclic) bond motifs is 2. The first-order chi connectivity index (χ1) is 14.1. The molecule has 4 rings (SSSR count). The number of halogens is 2. The number of nitrogens with one attached hydrogen (secondary N) is 1. The molecule has 1 spiro atoms. The third-order valence-electron chi connectivity index (χ3n) is 6.12. The molecule has 3 atom stereocenters. The van der Waals surface area contributed by atoms with Crippen molar-refractivity contribution in [3.8, 4) is 0 Å². The van der Waals surface area contributed by atoms with Crippen molar-refractivity contribution >= 4 is 34.9 Å². The molecule has 7 heteroatoms. The van der Waals surface area contributed by atoms with E-state index in [-0.39, 0.29) is 28.5 Å². The highest BCUT2D eigenvalue weighted by Gasteiger charge is 2.63. The first kappa shape index (κ1) is 20.7. The van der Waals surface area contributed by atoms with E-state index in [4.69, 9.17) is 11.6 Å². The molecule has 1 fully saturated rings. The van der Waals surface area contributed by atoms with Crippen LogP contribution < -0.4 is 10.2 Å². The molecule has 2 aromatic rings. The van der Waals surface area contributed by atoms with E-state index in [0.717, 1.165) is 5.56 Å². The summed E-state index contributed by atoms with van der Waals surface area (Å²) in [5.41, 5.74) is 0.218. The molecule has 2 aliphatic heterocycles. The lowest BCUT2D eigenvalue weighted by atomic mass is 9.69. The van der Waals surface area contributed by atoms with Gasteiger partial charge in [-0.1, -0.05) is 56.6 Å². The van der Waals surface area contributed by atoms with Crippen molar-refractivity contribution in [2.75, 3.05) is 10.2 Å². The minimum atomic E-state index is -1.10. The van der Waals surface area contributed by atoms with Gasteiger partial charge < -0.3 is 15.3 Å². The van der Waals surface area contributed by atoms with Gasteiger partial charge in [-0.25, -0.2) is 9.18 Å². The Morgan fingerprint density at radius 1 is 1.27 bits per heavy atom. The van der Waals surface area contributed by atoms with E-state index in [1.807, 2.05) is 45.0 Å². The highest BCUT2D eigenvalue weighted by molar-refractivity contribution is 6.31. The van der Waals surface area contributed by atoms with E-state index < -0.39 is 29.3 Å². The molecule has 2 N–H and O–H groups in total. The predicted molar refractivity (Wildman–Crippen MR) is 115 cm³/mol. The molecule has 1 amide bonds. The fourth-order valence-corrected chi connectivity index (χ4v) is 5.12. The zero-order chi connectivity index (χ0) is 21.8. The second-order valence-electron chi connectivity index (χ2n) is 9.29. The maximum atomic E-state index is 15.1. The number of carboxylic acid groups (broad SMARTS) is 1. The van der Waals surface area contributed by atoms with Crippen LogP contribution in [0.4, 0.5) is 15.8 Å². The normalized spacial score (nSPS) is 25.5. The molecule has 3 unspecified atom stereocenters. The zero-order valence-corrected chi connectivity index (χ0v) is 17.8. The van der Waals surface area contributed by atoms with Crippen molar-refractivity contribution in [3.63, 3.8) is 0 Å². The highest BCUT2D eigenvalue weighted by Crippen LogP contribution is 2.54. The van der Waals surface area contributed by atoms with Gasteiger partial charge in [-0.2, -0.15) is 0 Å². The number of para-hydroxylation sites is 1. The molecule has 0 radical (unpaired) electrons. The maximum Gasteiger partial charge on any atom is 0.326 e. The quantitative estimate of drug-likeness (QED) is 0.731. The molecule has 1 saturated heterocycles. The third kappa shape index (κ3) is 3.05. The number of carboxylic acids is 1. The summed E-state index contributed by atoms with van der Waals surface area (Å²) < 4.78 is 15.1. The van der Waals surface area contributed by atoms with Gasteiger partial charge in [0.1, 0.15) is 6.04 Å². The summed E-state index contributed by atoms with van der Waals surface area (Å²) >= 11 is 6.03. The van der Waals surface area contributed by atoms with Crippen LogP contribution in [0.2, 0.25) is 5.02 Å². The Morgan fingerprint density at radius 3 is 2.63 bits per heavy atom. The molecule has 2 aromatic carbocycles. The van der Waals surface area contributed by atoms with Crippen molar-refractivity contribution in [2.24, 2.45) is 5.41 Å². The Balaban J connectivity index is 1.98. The lowest BCUT2D eigenvalue weighted by molar-refractivity contribution is -0.138. The average molecular weight is 431 g/mol. The molecule has 0 aliphatic carbocycles.